The highest BCUT2D eigenvalue weighted by Crippen LogP contribution is 2.63. The Bertz CT molecular complexity index is 606. The Morgan fingerprint density at radius 1 is 0.700 bits per heavy atom. The van der Waals surface area contributed by atoms with Crippen molar-refractivity contribution in [3.05, 3.63) is 35.4 Å². The number of unbranched alkanes of at least 4 members (excludes halogenated alkanes) is 4. The number of aryl methyl sites for hydroxylation is 1. The molecule has 4 aliphatic rings. The monoisotopic (exact) mass is 408 g/mol. The predicted octanol–water partition coefficient (Wildman–Crippen LogP) is 9.61. The molecule has 30 heavy (non-hydrogen) atoms. The molecule has 0 radical (unpaired) electrons. The lowest BCUT2D eigenvalue weighted by Gasteiger charge is -2.58. The van der Waals surface area contributed by atoms with Gasteiger partial charge in [-0.1, -0.05) is 70.2 Å². The van der Waals surface area contributed by atoms with Crippen molar-refractivity contribution < 1.29 is 0 Å². The minimum absolute atomic E-state index is 0.751. The van der Waals surface area contributed by atoms with E-state index in [1.54, 1.807) is 49.7 Å². The van der Waals surface area contributed by atoms with Crippen LogP contribution < -0.4 is 0 Å². The summed E-state index contributed by atoms with van der Waals surface area (Å²) < 4.78 is 0. The van der Waals surface area contributed by atoms with Crippen molar-refractivity contribution in [3.63, 3.8) is 0 Å². The molecule has 2 bridgehead atoms. The summed E-state index contributed by atoms with van der Waals surface area (Å²) in [5.74, 6) is 1.87. The lowest BCUT2D eigenvalue weighted by Crippen LogP contribution is -2.46. The van der Waals surface area contributed by atoms with Crippen molar-refractivity contribution in [1.82, 2.24) is 0 Å². The van der Waals surface area contributed by atoms with E-state index in [1.165, 1.54) is 77.0 Å². The lowest BCUT2D eigenvalue weighted by atomic mass is 9.47. The topological polar surface area (TPSA) is 0 Å². The van der Waals surface area contributed by atoms with E-state index in [0.717, 1.165) is 22.7 Å². The van der Waals surface area contributed by atoms with Gasteiger partial charge in [-0.3, -0.25) is 0 Å². The van der Waals surface area contributed by atoms with Gasteiger partial charge in [0.15, 0.2) is 0 Å². The minimum atomic E-state index is 0.751. The molecule has 0 heterocycles. The van der Waals surface area contributed by atoms with Crippen molar-refractivity contribution >= 4 is 0 Å². The maximum atomic E-state index is 2.47. The van der Waals surface area contributed by atoms with Crippen molar-refractivity contribution in [2.75, 3.05) is 0 Å². The molecule has 0 amide bonds. The zero-order chi connectivity index (χ0) is 20.9. The summed E-state index contributed by atoms with van der Waals surface area (Å²) in [6.07, 6.45) is 26.5. The number of hydrogen-bond acceptors (Lipinski definition) is 0. The molecule has 0 atom stereocenters. The third-order valence-electron chi connectivity index (χ3n) is 9.88. The summed E-state index contributed by atoms with van der Waals surface area (Å²) in [4.78, 5) is 0. The largest absolute Gasteiger partial charge is 0.0654 e. The molecule has 4 saturated carbocycles. The van der Waals surface area contributed by atoms with Gasteiger partial charge in [-0.05, 0) is 117 Å². The maximum absolute atomic E-state index is 2.47. The van der Waals surface area contributed by atoms with Crippen LogP contribution in [0.4, 0.5) is 0 Å². The van der Waals surface area contributed by atoms with Crippen LogP contribution in [-0.2, 0) is 6.42 Å². The van der Waals surface area contributed by atoms with Gasteiger partial charge in [-0.25, -0.2) is 0 Å². The number of hydrogen-bond donors (Lipinski definition) is 0. The Balaban J connectivity index is 1.26. The van der Waals surface area contributed by atoms with Crippen molar-refractivity contribution in [2.45, 2.75) is 135 Å². The van der Waals surface area contributed by atoms with Gasteiger partial charge in [-0.2, -0.15) is 0 Å². The quantitative estimate of drug-likeness (QED) is 0.338. The smallest absolute Gasteiger partial charge is 0.0162 e. The first kappa shape index (κ1) is 22.4. The molecule has 0 unspecified atom stereocenters. The normalized spacial score (nSPS) is 33.7. The van der Waals surface area contributed by atoms with E-state index in [2.05, 4.69) is 38.1 Å². The van der Waals surface area contributed by atoms with E-state index >= 15 is 0 Å². The molecule has 0 saturated heterocycles. The minimum Gasteiger partial charge on any atom is -0.0654 e. The molecule has 0 aliphatic heterocycles. The Labute approximate surface area is 187 Å². The van der Waals surface area contributed by atoms with Crippen LogP contribution in [0.15, 0.2) is 24.3 Å². The summed E-state index contributed by atoms with van der Waals surface area (Å²) >= 11 is 0. The molecule has 1 aromatic rings. The summed E-state index contributed by atoms with van der Waals surface area (Å²) in [6.45, 7) is 4.65. The van der Waals surface area contributed by atoms with Gasteiger partial charge in [0.05, 0.1) is 0 Å². The molecule has 0 heteroatoms. The van der Waals surface area contributed by atoms with Gasteiger partial charge in [0.2, 0.25) is 0 Å². The molecular formula is C30H48. The van der Waals surface area contributed by atoms with Crippen molar-refractivity contribution in [2.24, 2.45) is 16.7 Å². The van der Waals surface area contributed by atoms with E-state index in [1.807, 2.05) is 0 Å². The van der Waals surface area contributed by atoms with E-state index in [0.29, 0.717) is 0 Å². The fourth-order valence-electron chi connectivity index (χ4n) is 7.60. The number of benzene rings is 1. The first-order valence-electron chi connectivity index (χ1n) is 13.8. The third-order valence-corrected chi connectivity index (χ3v) is 9.88. The number of rotatable bonds is 10. The predicted molar refractivity (Wildman–Crippen MR) is 131 cm³/mol. The summed E-state index contributed by atoms with van der Waals surface area (Å²) in [7, 11) is 0. The second-order valence-corrected chi connectivity index (χ2v) is 11.6. The first-order valence-corrected chi connectivity index (χ1v) is 13.8. The summed E-state index contributed by atoms with van der Waals surface area (Å²) in [5.41, 5.74) is 4.70. The molecule has 0 aromatic heterocycles. The van der Waals surface area contributed by atoms with Gasteiger partial charge in [0, 0.05) is 0 Å². The van der Waals surface area contributed by atoms with E-state index in [9.17, 15) is 0 Å². The molecule has 1 aromatic carbocycles. The highest BCUT2D eigenvalue weighted by molar-refractivity contribution is 5.26. The van der Waals surface area contributed by atoms with Crippen LogP contribution in [0.1, 0.15) is 140 Å². The highest BCUT2D eigenvalue weighted by atomic mass is 14.6. The molecule has 0 N–H and O–H groups in total. The molecule has 0 nitrogen and oxygen atoms in total. The number of fused-ring (bicyclic) bond motifs is 3. The first-order chi connectivity index (χ1) is 14.7. The molecule has 0 spiro atoms. The highest BCUT2D eigenvalue weighted by Gasteiger charge is 2.51. The standard InChI is InChI=1S/C30H48/c1-3-5-7-9-25-10-12-26(13-11-25)27-14-16-28(17-15-27)30-22-19-29(20-23-30,21-24-30)18-8-6-4-2/h10-13,27-28H,3-9,14-24H2,1-2H3/t27-,28-,29?,30?. The Hall–Kier alpha value is -0.780. The average molecular weight is 409 g/mol. The second kappa shape index (κ2) is 10.2. The van der Waals surface area contributed by atoms with Gasteiger partial charge >= 0.3 is 0 Å². The van der Waals surface area contributed by atoms with Gasteiger partial charge < -0.3 is 0 Å². The van der Waals surface area contributed by atoms with Crippen LogP contribution in [0.2, 0.25) is 0 Å². The van der Waals surface area contributed by atoms with Crippen LogP contribution in [0.3, 0.4) is 0 Å². The molecule has 4 aliphatic carbocycles. The Kier molecular flexibility index (Phi) is 7.64. The fourth-order valence-corrected chi connectivity index (χ4v) is 7.60. The fraction of sp³-hybridized carbons (Fsp3) is 0.800. The Morgan fingerprint density at radius 3 is 1.90 bits per heavy atom. The van der Waals surface area contributed by atoms with E-state index < -0.39 is 0 Å². The van der Waals surface area contributed by atoms with Crippen LogP contribution in [-0.4, -0.2) is 0 Å². The van der Waals surface area contributed by atoms with Crippen LogP contribution in [0, 0.1) is 16.7 Å². The molecular weight excluding hydrogens is 360 g/mol. The Morgan fingerprint density at radius 2 is 1.30 bits per heavy atom. The van der Waals surface area contributed by atoms with Gasteiger partial charge in [0.25, 0.3) is 0 Å². The second-order valence-electron chi connectivity index (χ2n) is 11.6. The average Bonchev–Trinajstić information content (AvgIpc) is 2.81. The maximum Gasteiger partial charge on any atom is -0.0162 e. The van der Waals surface area contributed by atoms with Gasteiger partial charge in [-0.15, -0.1) is 0 Å². The van der Waals surface area contributed by atoms with Crippen LogP contribution in [0.25, 0.3) is 0 Å². The van der Waals surface area contributed by atoms with Crippen LogP contribution >= 0.6 is 0 Å². The van der Waals surface area contributed by atoms with E-state index in [-0.39, 0.29) is 0 Å². The third kappa shape index (κ3) is 4.99. The summed E-state index contributed by atoms with van der Waals surface area (Å²) in [5, 5.41) is 0. The lowest BCUT2D eigenvalue weighted by molar-refractivity contribution is -0.0630. The van der Waals surface area contributed by atoms with Crippen molar-refractivity contribution in [3.8, 4) is 0 Å². The molecule has 168 valence electrons. The van der Waals surface area contributed by atoms with Gasteiger partial charge in [0.1, 0.15) is 0 Å². The SMILES string of the molecule is CCCCCc1ccc([C@H]2CC[C@H](C34CCC(CCCCC)(CC3)CC4)CC2)cc1. The van der Waals surface area contributed by atoms with Crippen molar-refractivity contribution in [1.29, 1.82) is 0 Å². The summed E-state index contributed by atoms with van der Waals surface area (Å²) in [6, 6.07) is 9.79. The van der Waals surface area contributed by atoms with E-state index in [4.69, 9.17) is 0 Å². The zero-order valence-electron chi connectivity index (χ0n) is 20.2. The molecule has 5 rings (SSSR count). The van der Waals surface area contributed by atoms with Crippen LogP contribution in [0.5, 0.6) is 0 Å². The zero-order valence-corrected chi connectivity index (χ0v) is 20.2. The molecule has 4 fully saturated rings.